The van der Waals surface area contributed by atoms with Gasteiger partial charge in [-0.15, -0.1) is 0 Å². The average molecular weight is 493 g/mol. The average Bonchev–Trinajstić information content (AvgIpc) is 2.91. The minimum absolute atomic E-state index is 0.0577. The number of hydrogen-bond donors (Lipinski definition) is 1. The van der Waals surface area contributed by atoms with Crippen molar-refractivity contribution in [3.05, 3.63) is 66.2 Å². The predicted molar refractivity (Wildman–Crippen MR) is 134 cm³/mol. The van der Waals surface area contributed by atoms with E-state index in [1.54, 1.807) is 67.8 Å². The summed E-state index contributed by atoms with van der Waals surface area (Å²) in [6.07, 6.45) is -0.0577. The topological polar surface area (TPSA) is 95.6 Å². The van der Waals surface area contributed by atoms with Gasteiger partial charge in [0.2, 0.25) is 5.91 Å². The first-order chi connectivity index (χ1) is 17.4. The molecule has 1 aliphatic heterocycles. The van der Waals surface area contributed by atoms with E-state index in [0.29, 0.717) is 45.7 Å². The van der Waals surface area contributed by atoms with Gasteiger partial charge in [0.05, 0.1) is 53.3 Å². The zero-order valence-electron chi connectivity index (χ0n) is 20.8. The molecule has 0 spiro atoms. The minimum atomic E-state index is -1.38. The summed E-state index contributed by atoms with van der Waals surface area (Å²) < 4.78 is 27.0. The van der Waals surface area contributed by atoms with Crippen LogP contribution in [-0.4, -0.2) is 47.4 Å². The molecule has 188 valence electrons. The molecule has 36 heavy (non-hydrogen) atoms. The second kappa shape index (κ2) is 10.1. The Kier molecular flexibility index (Phi) is 6.91. The van der Waals surface area contributed by atoms with E-state index in [0.717, 1.165) is 0 Å². The van der Waals surface area contributed by atoms with Gasteiger partial charge in [0.1, 0.15) is 28.7 Å². The Balaban J connectivity index is 1.86. The SMILES string of the molecule is COc1ccc(C2(C(=O)Nc3cc(OC)ccc3OC)CC(=O)N2c2cc(OC)ccc2OC)cc1. The molecule has 1 heterocycles. The number of methoxy groups -OCH3 is 5. The van der Waals surface area contributed by atoms with Gasteiger partial charge in [-0.25, -0.2) is 0 Å². The summed E-state index contributed by atoms with van der Waals surface area (Å²) in [4.78, 5) is 28.7. The number of ether oxygens (including phenoxy) is 5. The molecule has 1 N–H and O–H groups in total. The van der Waals surface area contributed by atoms with Crippen LogP contribution in [0, 0.1) is 0 Å². The number of nitrogens with zero attached hydrogens (tertiary/aromatic N) is 1. The highest BCUT2D eigenvalue weighted by Crippen LogP contribution is 2.50. The van der Waals surface area contributed by atoms with Crippen LogP contribution < -0.4 is 33.9 Å². The van der Waals surface area contributed by atoms with Crippen LogP contribution in [0.2, 0.25) is 0 Å². The number of hydrogen-bond acceptors (Lipinski definition) is 7. The first-order valence-corrected chi connectivity index (χ1v) is 11.1. The van der Waals surface area contributed by atoms with Crippen LogP contribution in [0.5, 0.6) is 28.7 Å². The molecule has 0 radical (unpaired) electrons. The van der Waals surface area contributed by atoms with E-state index in [9.17, 15) is 9.59 Å². The molecule has 1 fully saturated rings. The smallest absolute Gasteiger partial charge is 0.256 e. The molecule has 0 saturated carbocycles. The van der Waals surface area contributed by atoms with Crippen LogP contribution in [0.3, 0.4) is 0 Å². The van der Waals surface area contributed by atoms with Crippen molar-refractivity contribution in [2.75, 3.05) is 45.8 Å². The van der Waals surface area contributed by atoms with Crippen molar-refractivity contribution < 1.29 is 33.3 Å². The lowest BCUT2D eigenvalue weighted by Gasteiger charge is -2.51. The standard InChI is InChI=1S/C27H28N2O7/c1-32-18-8-6-17(7-9-18)27(26(31)28-21-14-19(33-2)10-12-23(21)35-4)16-25(30)29(27)22-15-20(34-3)11-13-24(22)36-5/h6-15H,16H2,1-5H3,(H,28,31). The second-order valence-corrected chi connectivity index (χ2v) is 8.05. The van der Waals surface area contributed by atoms with E-state index in [2.05, 4.69) is 5.32 Å². The predicted octanol–water partition coefficient (Wildman–Crippen LogP) is 4.00. The third-order valence-corrected chi connectivity index (χ3v) is 6.26. The normalized spacial score (nSPS) is 16.6. The molecule has 1 unspecified atom stereocenters. The third-order valence-electron chi connectivity index (χ3n) is 6.26. The van der Waals surface area contributed by atoms with Crippen LogP contribution in [0.25, 0.3) is 0 Å². The summed E-state index contributed by atoms with van der Waals surface area (Å²) in [6.45, 7) is 0. The molecule has 1 saturated heterocycles. The van der Waals surface area contributed by atoms with E-state index in [-0.39, 0.29) is 12.3 Å². The minimum Gasteiger partial charge on any atom is -0.497 e. The molecular weight excluding hydrogens is 464 g/mol. The third kappa shape index (κ3) is 4.13. The molecule has 0 aliphatic carbocycles. The maximum Gasteiger partial charge on any atom is 0.256 e. The molecule has 3 aromatic carbocycles. The Labute approximate surface area is 209 Å². The Morgan fingerprint density at radius 2 is 1.31 bits per heavy atom. The lowest BCUT2D eigenvalue weighted by Crippen LogP contribution is -2.67. The summed E-state index contributed by atoms with van der Waals surface area (Å²) in [7, 11) is 7.64. The fourth-order valence-electron chi connectivity index (χ4n) is 4.36. The summed E-state index contributed by atoms with van der Waals surface area (Å²) in [5.41, 5.74) is 0.0485. The Morgan fingerprint density at radius 1 is 0.750 bits per heavy atom. The molecule has 9 nitrogen and oxygen atoms in total. The molecule has 4 rings (SSSR count). The van der Waals surface area contributed by atoms with Gasteiger partial charge in [0.25, 0.3) is 5.91 Å². The van der Waals surface area contributed by atoms with Crippen LogP contribution >= 0.6 is 0 Å². The quantitative estimate of drug-likeness (QED) is 0.451. The van der Waals surface area contributed by atoms with Gasteiger partial charge in [-0.3, -0.25) is 14.5 Å². The monoisotopic (exact) mass is 492 g/mol. The van der Waals surface area contributed by atoms with Gasteiger partial charge < -0.3 is 29.0 Å². The fraction of sp³-hybridized carbons (Fsp3) is 0.259. The Bertz CT molecular complexity index is 1280. The maximum atomic E-state index is 14.1. The molecule has 0 bridgehead atoms. The van der Waals surface area contributed by atoms with Crippen molar-refractivity contribution >= 4 is 23.2 Å². The lowest BCUT2D eigenvalue weighted by atomic mass is 9.75. The van der Waals surface area contributed by atoms with Crippen molar-refractivity contribution in [2.45, 2.75) is 12.0 Å². The molecular formula is C27H28N2O7. The van der Waals surface area contributed by atoms with Crippen molar-refractivity contribution in [3.63, 3.8) is 0 Å². The Hall–Kier alpha value is -4.40. The number of rotatable bonds is 9. The summed E-state index contributed by atoms with van der Waals surface area (Å²) >= 11 is 0. The molecule has 0 aromatic heterocycles. The number of carbonyl (C=O) groups is 2. The lowest BCUT2D eigenvalue weighted by molar-refractivity contribution is -0.137. The highest BCUT2D eigenvalue weighted by molar-refractivity contribution is 6.17. The van der Waals surface area contributed by atoms with Crippen LogP contribution in [-0.2, 0) is 15.1 Å². The summed E-state index contributed by atoms with van der Waals surface area (Å²) in [5, 5.41) is 2.95. The van der Waals surface area contributed by atoms with Gasteiger partial charge in [-0.05, 0) is 42.0 Å². The van der Waals surface area contributed by atoms with Crippen LogP contribution in [0.1, 0.15) is 12.0 Å². The molecule has 3 aromatic rings. The number of benzene rings is 3. The van der Waals surface area contributed by atoms with Gasteiger partial charge in [-0.1, -0.05) is 12.1 Å². The Morgan fingerprint density at radius 3 is 1.86 bits per heavy atom. The molecule has 1 atom stereocenters. The zero-order valence-corrected chi connectivity index (χ0v) is 20.8. The largest absolute Gasteiger partial charge is 0.497 e. The van der Waals surface area contributed by atoms with Crippen LogP contribution in [0.15, 0.2) is 60.7 Å². The van der Waals surface area contributed by atoms with E-state index >= 15 is 0 Å². The molecule has 9 heteroatoms. The van der Waals surface area contributed by atoms with E-state index in [1.807, 2.05) is 0 Å². The number of nitrogens with one attached hydrogen (secondary N) is 1. The number of anilines is 2. The number of carbonyl (C=O) groups excluding carboxylic acids is 2. The van der Waals surface area contributed by atoms with Crippen LogP contribution in [0.4, 0.5) is 11.4 Å². The van der Waals surface area contributed by atoms with Crippen molar-refractivity contribution in [2.24, 2.45) is 0 Å². The molecule has 2 amide bonds. The second-order valence-electron chi connectivity index (χ2n) is 8.05. The van der Waals surface area contributed by atoms with Gasteiger partial charge >= 0.3 is 0 Å². The van der Waals surface area contributed by atoms with Gasteiger partial charge in [0, 0.05) is 12.1 Å². The van der Waals surface area contributed by atoms with Crippen molar-refractivity contribution in [1.29, 1.82) is 0 Å². The maximum absolute atomic E-state index is 14.1. The number of β-lactam (4-membered cyclic amide) rings is 1. The fourth-order valence-corrected chi connectivity index (χ4v) is 4.36. The van der Waals surface area contributed by atoms with E-state index in [1.165, 1.54) is 33.3 Å². The van der Waals surface area contributed by atoms with Crippen molar-refractivity contribution in [3.8, 4) is 28.7 Å². The van der Waals surface area contributed by atoms with E-state index in [4.69, 9.17) is 23.7 Å². The summed E-state index contributed by atoms with van der Waals surface area (Å²) in [5.74, 6) is 1.89. The van der Waals surface area contributed by atoms with E-state index < -0.39 is 11.4 Å². The van der Waals surface area contributed by atoms with Gasteiger partial charge in [-0.2, -0.15) is 0 Å². The first-order valence-electron chi connectivity index (χ1n) is 11.1. The van der Waals surface area contributed by atoms with Crippen molar-refractivity contribution in [1.82, 2.24) is 0 Å². The highest BCUT2D eigenvalue weighted by atomic mass is 16.5. The number of amides is 2. The first kappa shape index (κ1) is 24.7. The zero-order chi connectivity index (χ0) is 25.9. The summed E-state index contributed by atoms with van der Waals surface area (Å²) in [6, 6.07) is 17.2. The van der Waals surface area contributed by atoms with Gasteiger partial charge in [0.15, 0.2) is 5.54 Å². The molecule has 1 aliphatic rings. The highest BCUT2D eigenvalue weighted by Gasteiger charge is 2.59.